The lowest BCUT2D eigenvalue weighted by Crippen LogP contribution is -2.23. The SMILES string of the molecule is C1CC(OCC2CO2)C1.CCO[SiH2]OCC. The van der Waals surface area contributed by atoms with Gasteiger partial charge in [-0.3, -0.25) is 0 Å². The summed E-state index contributed by atoms with van der Waals surface area (Å²) in [5.41, 5.74) is 0. The Hall–Kier alpha value is 0.0569. The van der Waals surface area contributed by atoms with E-state index >= 15 is 0 Å². The van der Waals surface area contributed by atoms with Gasteiger partial charge < -0.3 is 18.3 Å². The topological polar surface area (TPSA) is 40.2 Å². The molecule has 2 fully saturated rings. The van der Waals surface area contributed by atoms with Crippen LogP contribution in [0.3, 0.4) is 0 Å². The van der Waals surface area contributed by atoms with E-state index in [0.717, 1.165) is 26.4 Å². The van der Waals surface area contributed by atoms with Gasteiger partial charge in [-0.05, 0) is 33.1 Å². The van der Waals surface area contributed by atoms with Crippen molar-refractivity contribution in [2.24, 2.45) is 0 Å². The summed E-state index contributed by atoms with van der Waals surface area (Å²) in [7, 11) is -0.589. The van der Waals surface area contributed by atoms with Crippen molar-refractivity contribution in [3.05, 3.63) is 0 Å². The van der Waals surface area contributed by atoms with Crippen molar-refractivity contribution in [1.82, 2.24) is 0 Å². The smallest absolute Gasteiger partial charge is 0.304 e. The standard InChI is InChI=1S/C7H12O2.C4H12O2Si/c1-2-6(3-1)8-4-7-5-9-7;1-3-5-7-6-4-2/h6-7H,1-5H2;3-4,7H2,1-2H3. The Morgan fingerprint density at radius 1 is 1.19 bits per heavy atom. The lowest BCUT2D eigenvalue weighted by Gasteiger charge is -2.24. The average molecular weight is 248 g/mol. The van der Waals surface area contributed by atoms with Crippen molar-refractivity contribution < 1.29 is 18.3 Å². The Kier molecular flexibility index (Phi) is 8.05. The van der Waals surface area contributed by atoms with Gasteiger partial charge in [-0.15, -0.1) is 0 Å². The molecule has 1 heterocycles. The molecule has 1 saturated carbocycles. The Morgan fingerprint density at radius 3 is 2.19 bits per heavy atom. The average Bonchev–Trinajstić information content (AvgIpc) is 3.01. The van der Waals surface area contributed by atoms with Crippen molar-refractivity contribution in [2.45, 2.75) is 45.3 Å². The summed E-state index contributed by atoms with van der Waals surface area (Å²) < 4.78 is 20.5. The van der Waals surface area contributed by atoms with Crippen LogP contribution in [0.4, 0.5) is 0 Å². The van der Waals surface area contributed by atoms with Gasteiger partial charge in [0.05, 0.1) is 19.3 Å². The summed E-state index contributed by atoms with van der Waals surface area (Å²) in [5, 5.41) is 0. The van der Waals surface area contributed by atoms with Gasteiger partial charge in [0.15, 0.2) is 0 Å². The minimum Gasteiger partial charge on any atom is -0.399 e. The van der Waals surface area contributed by atoms with Gasteiger partial charge >= 0.3 is 10.0 Å². The molecule has 0 aromatic carbocycles. The summed E-state index contributed by atoms with van der Waals surface area (Å²) in [4.78, 5) is 0. The number of ether oxygens (including phenoxy) is 2. The number of hydrogen-bond acceptors (Lipinski definition) is 4. The Morgan fingerprint density at radius 2 is 1.81 bits per heavy atom. The van der Waals surface area contributed by atoms with Crippen LogP contribution in [-0.4, -0.2) is 48.6 Å². The molecule has 96 valence electrons. The zero-order chi connectivity index (χ0) is 11.6. The highest BCUT2D eigenvalue weighted by molar-refractivity contribution is 6.17. The summed E-state index contributed by atoms with van der Waals surface area (Å²) in [6, 6.07) is 0. The van der Waals surface area contributed by atoms with Gasteiger partial charge in [-0.1, -0.05) is 0 Å². The van der Waals surface area contributed by atoms with E-state index in [-0.39, 0.29) is 0 Å². The second-order valence-electron chi connectivity index (χ2n) is 3.95. The molecule has 0 N–H and O–H groups in total. The number of epoxide rings is 1. The van der Waals surface area contributed by atoms with Crippen LogP contribution in [0.25, 0.3) is 0 Å². The summed E-state index contributed by atoms with van der Waals surface area (Å²) in [5.74, 6) is 0. The van der Waals surface area contributed by atoms with Crippen molar-refractivity contribution in [1.29, 1.82) is 0 Å². The maximum Gasteiger partial charge on any atom is 0.304 e. The molecule has 0 aromatic heterocycles. The summed E-state index contributed by atoms with van der Waals surface area (Å²) in [6.45, 7) is 7.31. The van der Waals surface area contributed by atoms with E-state index in [0.29, 0.717) is 12.2 Å². The molecule has 0 radical (unpaired) electrons. The highest BCUT2D eigenvalue weighted by atomic mass is 28.3. The van der Waals surface area contributed by atoms with Crippen LogP contribution in [0.2, 0.25) is 0 Å². The Bertz CT molecular complexity index is 156. The maximum atomic E-state index is 5.48. The van der Waals surface area contributed by atoms with E-state index < -0.39 is 10.0 Å². The first-order chi connectivity index (χ1) is 7.86. The molecule has 1 unspecified atom stereocenters. The third-order valence-corrected chi connectivity index (χ3v) is 3.70. The number of rotatable bonds is 7. The minimum absolute atomic E-state index is 0.450. The van der Waals surface area contributed by atoms with Gasteiger partial charge in [-0.25, -0.2) is 0 Å². The van der Waals surface area contributed by atoms with Crippen molar-refractivity contribution in [2.75, 3.05) is 26.4 Å². The fourth-order valence-electron chi connectivity index (χ4n) is 1.17. The molecular weight excluding hydrogens is 224 g/mol. The fourth-order valence-corrected chi connectivity index (χ4v) is 1.62. The molecule has 1 aliphatic heterocycles. The molecule has 1 saturated heterocycles. The van der Waals surface area contributed by atoms with Crippen molar-refractivity contribution in [3.8, 4) is 0 Å². The molecule has 0 bridgehead atoms. The first-order valence-electron chi connectivity index (χ1n) is 6.25. The van der Waals surface area contributed by atoms with Crippen LogP contribution >= 0.6 is 0 Å². The Labute approximate surface area is 101 Å². The van der Waals surface area contributed by atoms with Crippen molar-refractivity contribution in [3.63, 3.8) is 0 Å². The van der Waals surface area contributed by atoms with Gasteiger partial charge in [-0.2, -0.15) is 0 Å². The predicted molar refractivity (Wildman–Crippen MR) is 65.1 cm³/mol. The lowest BCUT2D eigenvalue weighted by atomic mass is 9.96. The van der Waals surface area contributed by atoms with Crippen LogP contribution < -0.4 is 0 Å². The van der Waals surface area contributed by atoms with E-state index in [1.54, 1.807) is 0 Å². The first-order valence-corrected chi connectivity index (χ1v) is 7.41. The molecule has 1 atom stereocenters. The molecule has 2 aliphatic rings. The molecule has 5 heteroatoms. The van der Waals surface area contributed by atoms with E-state index in [4.69, 9.17) is 18.3 Å². The van der Waals surface area contributed by atoms with E-state index in [9.17, 15) is 0 Å². The summed E-state index contributed by atoms with van der Waals surface area (Å²) >= 11 is 0. The van der Waals surface area contributed by atoms with Gasteiger partial charge in [0, 0.05) is 13.2 Å². The minimum atomic E-state index is -0.589. The fraction of sp³-hybridized carbons (Fsp3) is 1.00. The van der Waals surface area contributed by atoms with Crippen molar-refractivity contribution >= 4 is 10.0 Å². The molecular formula is C11H24O4Si. The number of hydrogen-bond donors (Lipinski definition) is 0. The highest BCUT2D eigenvalue weighted by Crippen LogP contribution is 2.23. The van der Waals surface area contributed by atoms with Crippen LogP contribution in [0.15, 0.2) is 0 Å². The van der Waals surface area contributed by atoms with Crippen LogP contribution in [-0.2, 0) is 18.3 Å². The molecule has 1 aliphatic carbocycles. The Balaban J connectivity index is 0.000000168. The normalized spacial score (nSPS) is 23.2. The second-order valence-corrected chi connectivity index (χ2v) is 5.00. The van der Waals surface area contributed by atoms with Crippen LogP contribution in [0.5, 0.6) is 0 Å². The van der Waals surface area contributed by atoms with Gasteiger partial charge in [0.25, 0.3) is 0 Å². The lowest BCUT2D eigenvalue weighted by molar-refractivity contribution is -0.00471. The first kappa shape index (κ1) is 14.1. The predicted octanol–water partition coefficient (Wildman–Crippen LogP) is 1.01. The van der Waals surface area contributed by atoms with Gasteiger partial charge in [0.1, 0.15) is 6.10 Å². The molecule has 0 amide bonds. The highest BCUT2D eigenvalue weighted by Gasteiger charge is 2.26. The monoisotopic (exact) mass is 248 g/mol. The molecule has 2 rings (SSSR count). The zero-order valence-electron chi connectivity index (χ0n) is 10.4. The quantitative estimate of drug-likeness (QED) is 0.383. The molecule has 16 heavy (non-hydrogen) atoms. The third-order valence-electron chi connectivity index (χ3n) is 2.55. The zero-order valence-corrected chi connectivity index (χ0v) is 11.9. The van der Waals surface area contributed by atoms with E-state index in [1.165, 1.54) is 19.3 Å². The third kappa shape index (κ3) is 7.35. The molecule has 4 nitrogen and oxygen atoms in total. The molecule has 0 aromatic rings. The second kappa shape index (κ2) is 9.12. The molecule has 0 spiro atoms. The van der Waals surface area contributed by atoms with E-state index in [2.05, 4.69) is 0 Å². The van der Waals surface area contributed by atoms with E-state index in [1.807, 2.05) is 13.8 Å². The van der Waals surface area contributed by atoms with Gasteiger partial charge in [0.2, 0.25) is 0 Å². The van der Waals surface area contributed by atoms with Crippen LogP contribution in [0, 0.1) is 0 Å². The largest absolute Gasteiger partial charge is 0.399 e. The van der Waals surface area contributed by atoms with Crippen LogP contribution in [0.1, 0.15) is 33.1 Å². The summed E-state index contributed by atoms with van der Waals surface area (Å²) in [6.07, 6.45) is 4.93. The maximum absolute atomic E-state index is 5.48.